The van der Waals surface area contributed by atoms with E-state index in [1.165, 1.54) is 0 Å². The number of benzene rings is 3. The van der Waals surface area contributed by atoms with Crippen molar-refractivity contribution in [1.29, 1.82) is 0 Å². The molecule has 1 heterocycles. The summed E-state index contributed by atoms with van der Waals surface area (Å²) in [7, 11) is 0. The van der Waals surface area contributed by atoms with E-state index < -0.39 is 5.60 Å². The van der Waals surface area contributed by atoms with E-state index in [0.717, 1.165) is 27.3 Å². The molecule has 0 unspecified atom stereocenters. The largest absolute Gasteiger partial charge is 0.384 e. The van der Waals surface area contributed by atoms with Crippen LogP contribution < -0.4 is 0 Å². The fraction of sp³-hybridized carbons (Fsp3) is 0.160. The number of imidazole rings is 1. The Balaban J connectivity index is 1.80. The second-order valence-electron chi connectivity index (χ2n) is 8.08. The third-order valence-corrected chi connectivity index (χ3v) is 6.61. The van der Waals surface area contributed by atoms with E-state index in [2.05, 4.69) is 12.6 Å². The molecule has 0 saturated heterocycles. The molecule has 0 amide bonds. The molecule has 1 N–H and O–H groups in total. The lowest BCUT2D eigenvalue weighted by Crippen LogP contribution is -2.15. The Hall–Kier alpha value is -1.95. The lowest BCUT2D eigenvalue weighted by Gasteiger charge is -2.13. The van der Waals surface area contributed by atoms with Gasteiger partial charge in [-0.05, 0) is 60.9 Å². The van der Waals surface area contributed by atoms with Crippen molar-refractivity contribution in [3.8, 4) is 16.8 Å². The zero-order chi connectivity index (χ0) is 23.0. The molecule has 7 heteroatoms. The van der Waals surface area contributed by atoms with Crippen LogP contribution in [-0.2, 0) is 12.0 Å². The molecule has 3 aromatic carbocycles. The van der Waals surface area contributed by atoms with Crippen LogP contribution in [0.2, 0.25) is 15.1 Å². The number of hydrogen-bond donors (Lipinski definition) is 2. The molecule has 0 radical (unpaired) electrons. The Morgan fingerprint density at radius 1 is 0.938 bits per heavy atom. The smallest absolute Gasteiger partial charge is 0.118 e. The molecule has 0 aliphatic carbocycles. The minimum absolute atomic E-state index is 0.426. The molecule has 0 atom stereocenters. The van der Waals surface area contributed by atoms with E-state index in [-0.39, 0.29) is 0 Å². The fourth-order valence-electron chi connectivity index (χ4n) is 3.47. The van der Waals surface area contributed by atoms with Crippen LogP contribution in [0.5, 0.6) is 0 Å². The van der Waals surface area contributed by atoms with Gasteiger partial charge in [0.15, 0.2) is 0 Å². The van der Waals surface area contributed by atoms with Gasteiger partial charge in [-0.25, -0.2) is 4.98 Å². The maximum atomic E-state index is 10.6. The molecule has 1 aromatic heterocycles. The monoisotopic (exact) mass is 502 g/mol. The quantitative estimate of drug-likeness (QED) is 0.275. The minimum atomic E-state index is -1.11. The number of hydrogen-bond acceptors (Lipinski definition) is 3. The Morgan fingerprint density at radius 3 is 2.34 bits per heavy atom. The van der Waals surface area contributed by atoms with Crippen molar-refractivity contribution in [3.63, 3.8) is 0 Å². The highest BCUT2D eigenvalue weighted by molar-refractivity contribution is 7.80. The van der Waals surface area contributed by atoms with Crippen molar-refractivity contribution < 1.29 is 5.11 Å². The molecular weight excluding hydrogens is 483 g/mol. The van der Waals surface area contributed by atoms with Gasteiger partial charge in [0, 0.05) is 17.5 Å². The maximum absolute atomic E-state index is 10.6. The van der Waals surface area contributed by atoms with E-state index in [1.807, 2.05) is 65.4 Å². The van der Waals surface area contributed by atoms with Gasteiger partial charge in [-0.1, -0.05) is 65.1 Å². The normalized spacial score (nSPS) is 11.7. The molecule has 4 rings (SSSR count). The van der Waals surface area contributed by atoms with Gasteiger partial charge < -0.3 is 9.67 Å². The van der Waals surface area contributed by atoms with Crippen molar-refractivity contribution in [2.24, 2.45) is 0 Å². The molecule has 0 aliphatic rings. The standard InChI is InChI=1S/C25H21Cl3N2OS/c1-25(2,31)22-14-30(23(29-22)13-17-6-4-8-19(26)24(17)28)21-10-9-16(12-20(21)27)15-5-3-7-18(32)11-15/h3-12,14,31-32H,13H2,1-2H3. The van der Waals surface area contributed by atoms with Gasteiger partial charge in [-0.15, -0.1) is 12.6 Å². The Bertz CT molecular complexity index is 1290. The van der Waals surface area contributed by atoms with Crippen molar-refractivity contribution in [3.05, 3.63) is 99.0 Å². The summed E-state index contributed by atoms with van der Waals surface area (Å²) in [5.74, 6) is 0.693. The lowest BCUT2D eigenvalue weighted by atomic mass is 10.1. The summed E-state index contributed by atoms with van der Waals surface area (Å²) in [6.07, 6.45) is 2.23. The van der Waals surface area contributed by atoms with Crippen LogP contribution >= 0.6 is 47.4 Å². The number of nitrogens with zero attached hydrogens (tertiary/aromatic N) is 2. The molecule has 0 fully saturated rings. The molecule has 4 aromatic rings. The first-order valence-corrected chi connectivity index (χ1v) is 11.5. The van der Waals surface area contributed by atoms with Gasteiger partial charge in [0.1, 0.15) is 11.4 Å². The average molecular weight is 504 g/mol. The molecule has 164 valence electrons. The topological polar surface area (TPSA) is 38.0 Å². The number of rotatable bonds is 5. The molecule has 0 bridgehead atoms. The van der Waals surface area contributed by atoms with Gasteiger partial charge in [-0.3, -0.25) is 0 Å². The van der Waals surface area contributed by atoms with E-state index in [0.29, 0.717) is 33.0 Å². The third-order valence-electron chi connectivity index (χ3n) is 5.17. The van der Waals surface area contributed by atoms with Crippen LogP contribution in [-0.4, -0.2) is 14.7 Å². The number of halogens is 3. The summed E-state index contributed by atoms with van der Waals surface area (Å²) in [5, 5.41) is 12.1. The van der Waals surface area contributed by atoms with Crippen molar-refractivity contribution in [2.45, 2.75) is 30.8 Å². The first kappa shape index (κ1) is 23.2. The Labute approximate surface area is 208 Å². The van der Waals surface area contributed by atoms with Crippen LogP contribution in [0.1, 0.15) is 30.9 Å². The second kappa shape index (κ2) is 9.12. The summed E-state index contributed by atoms with van der Waals surface area (Å²) in [4.78, 5) is 5.58. The fourth-order valence-corrected chi connectivity index (χ4v) is 4.35. The predicted molar refractivity (Wildman–Crippen MR) is 136 cm³/mol. The minimum Gasteiger partial charge on any atom is -0.384 e. The van der Waals surface area contributed by atoms with E-state index in [9.17, 15) is 5.11 Å². The summed E-state index contributed by atoms with van der Waals surface area (Å²) < 4.78 is 1.89. The zero-order valence-electron chi connectivity index (χ0n) is 17.5. The van der Waals surface area contributed by atoms with Crippen LogP contribution in [0, 0.1) is 0 Å². The number of thiol groups is 1. The second-order valence-corrected chi connectivity index (χ2v) is 9.79. The summed E-state index contributed by atoms with van der Waals surface area (Å²) >= 11 is 23.8. The third kappa shape index (κ3) is 4.85. The first-order valence-electron chi connectivity index (χ1n) is 9.97. The van der Waals surface area contributed by atoms with E-state index in [1.54, 1.807) is 19.9 Å². The number of aromatic nitrogens is 2. The van der Waals surface area contributed by atoms with Crippen molar-refractivity contribution >= 4 is 47.4 Å². The highest BCUT2D eigenvalue weighted by Crippen LogP contribution is 2.33. The van der Waals surface area contributed by atoms with Gasteiger partial charge in [0.2, 0.25) is 0 Å². The Morgan fingerprint density at radius 2 is 1.66 bits per heavy atom. The van der Waals surface area contributed by atoms with Gasteiger partial charge in [0.05, 0.1) is 26.4 Å². The van der Waals surface area contributed by atoms with Crippen molar-refractivity contribution in [1.82, 2.24) is 9.55 Å². The number of aliphatic hydroxyl groups is 1. The van der Waals surface area contributed by atoms with Gasteiger partial charge >= 0.3 is 0 Å². The molecule has 0 spiro atoms. The summed E-state index contributed by atoms with van der Waals surface area (Å²) in [6, 6.07) is 19.3. The van der Waals surface area contributed by atoms with Crippen LogP contribution in [0.25, 0.3) is 16.8 Å². The van der Waals surface area contributed by atoms with Gasteiger partial charge in [0.25, 0.3) is 0 Å². The molecule has 32 heavy (non-hydrogen) atoms. The highest BCUT2D eigenvalue weighted by atomic mass is 35.5. The molecule has 3 nitrogen and oxygen atoms in total. The maximum Gasteiger partial charge on any atom is 0.118 e. The molecular formula is C25H21Cl3N2OS. The Kier molecular flexibility index (Phi) is 6.62. The highest BCUT2D eigenvalue weighted by Gasteiger charge is 2.23. The zero-order valence-corrected chi connectivity index (χ0v) is 20.6. The predicted octanol–water partition coefficient (Wildman–Crippen LogP) is 7.61. The van der Waals surface area contributed by atoms with Crippen LogP contribution in [0.15, 0.2) is 71.8 Å². The van der Waals surface area contributed by atoms with Gasteiger partial charge in [-0.2, -0.15) is 0 Å². The van der Waals surface area contributed by atoms with Crippen molar-refractivity contribution in [2.75, 3.05) is 0 Å². The molecule has 0 saturated carbocycles. The first-order chi connectivity index (χ1) is 15.1. The van der Waals surface area contributed by atoms with E-state index in [4.69, 9.17) is 39.8 Å². The summed E-state index contributed by atoms with van der Waals surface area (Å²) in [6.45, 7) is 3.40. The van der Waals surface area contributed by atoms with Crippen LogP contribution in [0.4, 0.5) is 0 Å². The average Bonchev–Trinajstić information content (AvgIpc) is 3.15. The lowest BCUT2D eigenvalue weighted by molar-refractivity contribution is 0.0741. The summed E-state index contributed by atoms with van der Waals surface area (Å²) in [5.41, 5.74) is 3.03. The van der Waals surface area contributed by atoms with E-state index >= 15 is 0 Å². The SMILES string of the molecule is CC(C)(O)c1cn(-c2ccc(-c3cccc(S)c3)cc2Cl)c(Cc2cccc(Cl)c2Cl)n1. The van der Waals surface area contributed by atoms with Crippen LogP contribution in [0.3, 0.4) is 0 Å². The molecule has 0 aliphatic heterocycles.